The number of aliphatic hydroxyl groups excluding tert-OH is 1. The summed E-state index contributed by atoms with van der Waals surface area (Å²) in [5, 5.41) is 13.2. The highest BCUT2D eigenvalue weighted by Crippen LogP contribution is 2.29. The lowest BCUT2D eigenvalue weighted by atomic mass is 10.0. The molecule has 2 aromatic carbocycles. The van der Waals surface area contributed by atoms with Crippen LogP contribution in [0.5, 0.6) is 11.5 Å². The van der Waals surface area contributed by atoms with Crippen molar-refractivity contribution in [3.05, 3.63) is 53.6 Å². The molecule has 2 aromatic rings. The molecule has 4 atom stereocenters. The number of nitrogens with zero attached hydrogens (tertiary/aromatic N) is 3. The lowest BCUT2D eigenvalue weighted by Crippen LogP contribution is -2.47. The zero-order valence-electron chi connectivity index (χ0n) is 29.0. The normalized spacial score (nSPS) is 20.5. The van der Waals surface area contributed by atoms with Crippen molar-refractivity contribution in [1.29, 1.82) is 0 Å². The molecule has 0 aromatic heterocycles. The molecule has 1 aliphatic rings. The van der Waals surface area contributed by atoms with Gasteiger partial charge in [0, 0.05) is 44.3 Å². The van der Waals surface area contributed by atoms with E-state index in [1.165, 1.54) is 5.56 Å². The van der Waals surface area contributed by atoms with E-state index >= 15 is 0 Å². The molecule has 0 saturated heterocycles. The molecule has 10 heteroatoms. The van der Waals surface area contributed by atoms with E-state index in [1.807, 2.05) is 45.0 Å². The minimum atomic E-state index is -0.435. The Bertz CT molecular complexity index is 1220. The number of anilines is 1. The van der Waals surface area contributed by atoms with E-state index in [4.69, 9.17) is 14.2 Å². The minimum absolute atomic E-state index is 0.0258. The first-order valence-electron chi connectivity index (χ1n) is 16.6. The number of ether oxygens (including phenoxy) is 3. The first kappa shape index (κ1) is 37.3. The van der Waals surface area contributed by atoms with E-state index in [0.29, 0.717) is 43.1 Å². The van der Waals surface area contributed by atoms with Gasteiger partial charge in [-0.1, -0.05) is 19.1 Å². The van der Waals surface area contributed by atoms with Crippen LogP contribution < -0.4 is 14.8 Å². The summed E-state index contributed by atoms with van der Waals surface area (Å²) in [5.41, 5.74) is 2.09. The smallest absolute Gasteiger partial charge is 0.258 e. The Balaban J connectivity index is 1.85. The van der Waals surface area contributed by atoms with Crippen LogP contribution in [0.4, 0.5) is 5.69 Å². The van der Waals surface area contributed by atoms with E-state index in [0.717, 1.165) is 44.5 Å². The van der Waals surface area contributed by atoms with Gasteiger partial charge in [-0.05, 0) is 103 Å². The van der Waals surface area contributed by atoms with Gasteiger partial charge in [-0.15, -0.1) is 0 Å². The molecule has 1 heterocycles. The summed E-state index contributed by atoms with van der Waals surface area (Å²) < 4.78 is 18.1. The number of carbonyl (C=O) groups is 2. The number of carbonyl (C=O) groups excluding carboxylic acids is 2. The van der Waals surface area contributed by atoms with Gasteiger partial charge >= 0.3 is 0 Å². The van der Waals surface area contributed by atoms with Gasteiger partial charge in [0.1, 0.15) is 11.5 Å². The predicted molar refractivity (Wildman–Crippen MR) is 183 cm³/mol. The fourth-order valence-electron chi connectivity index (χ4n) is 5.66. The Morgan fingerprint density at radius 2 is 1.87 bits per heavy atom. The van der Waals surface area contributed by atoms with Gasteiger partial charge in [0.05, 0.1) is 37.5 Å². The summed E-state index contributed by atoms with van der Waals surface area (Å²) in [4.78, 5) is 33.0. The molecule has 0 spiro atoms. The summed E-state index contributed by atoms with van der Waals surface area (Å²) in [7, 11) is 7.70. The number of fused-ring (bicyclic) bond motifs is 1. The molecule has 0 saturated carbocycles. The fraction of sp³-hybridized carbons (Fsp3) is 0.611. The summed E-state index contributed by atoms with van der Waals surface area (Å²) in [6.07, 6.45) is 3.53. The third-order valence-corrected chi connectivity index (χ3v) is 8.45. The maximum atomic E-state index is 14.3. The highest BCUT2D eigenvalue weighted by atomic mass is 16.5. The number of amides is 2. The lowest BCUT2D eigenvalue weighted by molar-refractivity contribution is -0.116. The van der Waals surface area contributed by atoms with Crippen LogP contribution in [-0.4, -0.2) is 111 Å². The van der Waals surface area contributed by atoms with Gasteiger partial charge < -0.3 is 34.4 Å². The number of nitrogens with one attached hydrogen (secondary N) is 1. The summed E-state index contributed by atoms with van der Waals surface area (Å²) in [5.74, 6) is 0.934. The summed E-state index contributed by atoms with van der Waals surface area (Å²) >= 11 is 0. The molecule has 46 heavy (non-hydrogen) atoms. The molecule has 256 valence electrons. The van der Waals surface area contributed by atoms with Crippen LogP contribution in [0.2, 0.25) is 0 Å². The van der Waals surface area contributed by atoms with Crippen molar-refractivity contribution >= 4 is 17.5 Å². The van der Waals surface area contributed by atoms with Crippen LogP contribution in [0.1, 0.15) is 68.8 Å². The van der Waals surface area contributed by atoms with Gasteiger partial charge in [0.2, 0.25) is 5.91 Å². The first-order valence-corrected chi connectivity index (χ1v) is 16.6. The average Bonchev–Trinajstić information content (AvgIpc) is 3.02. The molecule has 0 radical (unpaired) electrons. The lowest BCUT2D eigenvalue weighted by Gasteiger charge is -2.36. The molecular weight excluding hydrogens is 584 g/mol. The Morgan fingerprint density at radius 3 is 2.54 bits per heavy atom. The predicted octanol–water partition coefficient (Wildman–Crippen LogP) is 4.90. The largest absolute Gasteiger partial charge is 0.497 e. The fourth-order valence-corrected chi connectivity index (χ4v) is 5.66. The molecule has 1 aliphatic heterocycles. The number of aliphatic hydroxyl groups is 1. The third kappa shape index (κ3) is 11.9. The highest BCUT2D eigenvalue weighted by Gasteiger charge is 2.30. The van der Waals surface area contributed by atoms with E-state index in [2.05, 4.69) is 36.3 Å². The van der Waals surface area contributed by atoms with Crippen LogP contribution >= 0.6 is 0 Å². The number of methoxy groups -OCH3 is 1. The van der Waals surface area contributed by atoms with Crippen molar-refractivity contribution in [2.75, 3.05) is 66.4 Å². The number of likely N-dealkylation sites (N-methyl/N-ethyl adjacent to an activating group) is 1. The molecule has 0 bridgehead atoms. The van der Waals surface area contributed by atoms with Crippen LogP contribution in [0.15, 0.2) is 42.5 Å². The van der Waals surface area contributed by atoms with Gasteiger partial charge in [0.25, 0.3) is 5.91 Å². The van der Waals surface area contributed by atoms with Crippen LogP contribution in [-0.2, 0) is 16.1 Å². The maximum absolute atomic E-state index is 14.3. The van der Waals surface area contributed by atoms with E-state index in [1.54, 1.807) is 30.2 Å². The number of hydrogen-bond acceptors (Lipinski definition) is 8. The second-order valence-corrected chi connectivity index (χ2v) is 13.0. The molecule has 10 nitrogen and oxygen atoms in total. The Kier molecular flexibility index (Phi) is 15.3. The van der Waals surface area contributed by atoms with Crippen LogP contribution in [0.25, 0.3) is 0 Å². The van der Waals surface area contributed by atoms with E-state index < -0.39 is 6.04 Å². The van der Waals surface area contributed by atoms with Crippen molar-refractivity contribution in [2.24, 2.45) is 5.92 Å². The first-order chi connectivity index (χ1) is 22.0. The second-order valence-electron chi connectivity index (χ2n) is 13.0. The topological polar surface area (TPSA) is 104 Å². The number of rotatable bonds is 12. The second kappa shape index (κ2) is 18.8. The summed E-state index contributed by atoms with van der Waals surface area (Å²) in [6, 6.07) is 12.9. The molecule has 0 fully saturated rings. The van der Waals surface area contributed by atoms with Gasteiger partial charge in [-0.25, -0.2) is 0 Å². The average molecular weight is 641 g/mol. The zero-order valence-corrected chi connectivity index (χ0v) is 29.0. The summed E-state index contributed by atoms with van der Waals surface area (Å²) in [6.45, 7) is 9.03. The van der Waals surface area contributed by atoms with Crippen LogP contribution in [0.3, 0.4) is 0 Å². The van der Waals surface area contributed by atoms with Gasteiger partial charge in [-0.3, -0.25) is 14.5 Å². The quantitative estimate of drug-likeness (QED) is 0.338. The van der Waals surface area contributed by atoms with E-state index in [9.17, 15) is 14.7 Å². The third-order valence-electron chi connectivity index (χ3n) is 8.45. The minimum Gasteiger partial charge on any atom is -0.497 e. The monoisotopic (exact) mass is 640 g/mol. The standard InChI is InChI=1S/C36H56N4O6/c1-26-22-40(27(2)25-41)36(43)32-21-30(37-35(42)12-10-19-38(4)5)15-18-33(32)46-28(3)11-8-9-20-45-34(26)24-39(6)23-29-13-16-31(44-7)17-14-29/h13-18,21,26-28,34,41H,8-12,19-20,22-25H2,1-7H3,(H,37,42)/t26-,27+,28+,34-/m0/s1. The van der Waals surface area contributed by atoms with Crippen LogP contribution in [0, 0.1) is 5.92 Å². The molecule has 0 unspecified atom stereocenters. The SMILES string of the molecule is COc1ccc(CN(C)C[C@@H]2OCCCC[C@@H](C)Oc3ccc(NC(=O)CCCN(C)C)cc3C(=O)N([C@H](C)CO)C[C@@H]2C)cc1. The molecule has 2 N–H and O–H groups in total. The van der Waals surface area contributed by atoms with Crippen molar-refractivity contribution in [1.82, 2.24) is 14.7 Å². The molecule has 2 amide bonds. The van der Waals surface area contributed by atoms with Gasteiger partial charge in [-0.2, -0.15) is 0 Å². The van der Waals surface area contributed by atoms with Crippen molar-refractivity contribution in [3.8, 4) is 11.5 Å². The number of benzene rings is 2. The highest BCUT2D eigenvalue weighted by molar-refractivity contribution is 5.99. The Morgan fingerprint density at radius 1 is 1.13 bits per heavy atom. The maximum Gasteiger partial charge on any atom is 0.258 e. The molecule has 3 rings (SSSR count). The number of hydrogen-bond donors (Lipinski definition) is 2. The Labute approximate surface area is 276 Å². The zero-order chi connectivity index (χ0) is 33.6. The van der Waals surface area contributed by atoms with Crippen molar-refractivity contribution < 1.29 is 28.9 Å². The van der Waals surface area contributed by atoms with E-state index in [-0.39, 0.29) is 36.5 Å². The Hall–Kier alpha value is -3.18. The molecule has 0 aliphatic carbocycles. The van der Waals surface area contributed by atoms with Gasteiger partial charge in [0.15, 0.2) is 0 Å². The van der Waals surface area contributed by atoms with Crippen molar-refractivity contribution in [3.63, 3.8) is 0 Å². The van der Waals surface area contributed by atoms with Crippen molar-refractivity contribution in [2.45, 2.75) is 77.7 Å². The molecular formula is C36H56N4O6.